The molecule has 0 spiro atoms. The summed E-state index contributed by atoms with van der Waals surface area (Å²) in [7, 11) is 3.06. The third kappa shape index (κ3) is 5.04. The molecule has 0 fully saturated rings. The highest BCUT2D eigenvalue weighted by molar-refractivity contribution is 7.10. The average molecular weight is 417 g/mol. The van der Waals surface area contributed by atoms with E-state index in [1.165, 1.54) is 28.0 Å². The molecule has 1 aromatic carbocycles. The molecule has 156 valence electrons. The molecule has 6 nitrogen and oxygen atoms in total. The highest BCUT2D eigenvalue weighted by Gasteiger charge is 2.33. The van der Waals surface area contributed by atoms with Gasteiger partial charge in [-0.05, 0) is 35.9 Å². The van der Waals surface area contributed by atoms with Crippen LogP contribution >= 0.6 is 11.3 Å². The number of nitrogens with zero attached hydrogens (tertiary/aromatic N) is 2. The highest BCUT2D eigenvalue weighted by atomic mass is 32.1. The van der Waals surface area contributed by atoms with Crippen molar-refractivity contribution < 1.29 is 19.1 Å². The van der Waals surface area contributed by atoms with Crippen LogP contribution in [0.3, 0.4) is 0 Å². The maximum Gasteiger partial charge on any atom is 0.249 e. The molecule has 3 rings (SSSR count). The summed E-state index contributed by atoms with van der Waals surface area (Å²) in [5, 5.41) is 2.09. The van der Waals surface area contributed by atoms with Crippen molar-refractivity contribution in [1.29, 1.82) is 0 Å². The van der Waals surface area contributed by atoms with Gasteiger partial charge in [0.15, 0.2) is 0 Å². The van der Waals surface area contributed by atoms with Gasteiger partial charge in [-0.3, -0.25) is 9.59 Å². The second-order valence-electron chi connectivity index (χ2n) is 7.19. The van der Waals surface area contributed by atoms with Gasteiger partial charge in [-0.2, -0.15) is 0 Å². The van der Waals surface area contributed by atoms with Crippen molar-refractivity contribution >= 4 is 23.2 Å². The zero-order valence-electron chi connectivity index (χ0n) is 17.2. The van der Waals surface area contributed by atoms with Crippen molar-refractivity contribution in [2.75, 3.05) is 47.1 Å². The van der Waals surface area contributed by atoms with Crippen LogP contribution < -0.4 is 0 Å². The number of hydrogen-bond donors (Lipinski definition) is 0. The van der Waals surface area contributed by atoms with Gasteiger partial charge in [0.1, 0.15) is 6.61 Å². The van der Waals surface area contributed by atoms with E-state index in [2.05, 4.69) is 42.6 Å². The number of methoxy groups -OCH3 is 2. The highest BCUT2D eigenvalue weighted by Crippen LogP contribution is 2.37. The minimum absolute atomic E-state index is 0.0212. The molecule has 0 radical (unpaired) electrons. The first kappa shape index (κ1) is 21.5. The van der Waals surface area contributed by atoms with Crippen molar-refractivity contribution in [3.8, 4) is 0 Å². The Bertz CT molecular complexity index is 834. The van der Waals surface area contributed by atoms with E-state index in [0.717, 1.165) is 12.0 Å². The Hall–Kier alpha value is -2.22. The summed E-state index contributed by atoms with van der Waals surface area (Å²) < 4.78 is 10.1. The van der Waals surface area contributed by atoms with Crippen LogP contribution in [0.2, 0.25) is 0 Å². The summed E-state index contributed by atoms with van der Waals surface area (Å²) in [5.41, 5.74) is 3.46. The van der Waals surface area contributed by atoms with E-state index in [4.69, 9.17) is 9.47 Å². The number of hydrogen-bond acceptors (Lipinski definition) is 5. The molecule has 1 aromatic heterocycles. The number of benzene rings is 1. The minimum Gasteiger partial charge on any atom is -0.383 e. The number of fused-ring (bicyclic) bond motifs is 1. The molecule has 0 bridgehead atoms. The predicted molar refractivity (Wildman–Crippen MR) is 113 cm³/mol. The van der Waals surface area contributed by atoms with Crippen LogP contribution in [-0.2, 0) is 25.5 Å². The second-order valence-corrected chi connectivity index (χ2v) is 8.19. The number of carbonyl (C=O) groups excluding carboxylic acids is 2. The first-order valence-electron chi connectivity index (χ1n) is 9.73. The lowest BCUT2D eigenvalue weighted by Crippen LogP contribution is -2.48. The van der Waals surface area contributed by atoms with Gasteiger partial charge >= 0.3 is 0 Å². The molecule has 0 saturated heterocycles. The van der Waals surface area contributed by atoms with E-state index in [1.807, 2.05) is 4.90 Å². The summed E-state index contributed by atoms with van der Waals surface area (Å²) in [4.78, 5) is 30.5. The molecule has 29 heavy (non-hydrogen) atoms. The van der Waals surface area contributed by atoms with Crippen LogP contribution in [-0.4, -0.2) is 68.7 Å². The number of ether oxygens (including phenoxy) is 2. The van der Waals surface area contributed by atoms with Crippen LogP contribution in [0.15, 0.2) is 35.7 Å². The van der Waals surface area contributed by atoms with Gasteiger partial charge in [0, 0.05) is 32.2 Å². The Morgan fingerprint density at radius 2 is 1.93 bits per heavy atom. The largest absolute Gasteiger partial charge is 0.383 e. The quantitative estimate of drug-likeness (QED) is 0.664. The molecule has 1 aliphatic rings. The van der Waals surface area contributed by atoms with Gasteiger partial charge in [0.2, 0.25) is 11.8 Å². The van der Waals surface area contributed by atoms with Gasteiger partial charge in [-0.25, -0.2) is 0 Å². The first-order chi connectivity index (χ1) is 14.0. The third-order valence-electron chi connectivity index (χ3n) is 5.19. The first-order valence-corrected chi connectivity index (χ1v) is 10.6. The van der Waals surface area contributed by atoms with E-state index < -0.39 is 0 Å². The standard InChI is InChI=1S/C22H28N2O4S/c1-16-4-6-17(7-5-16)22-18-9-13-29-19(18)8-10-24(22)20(25)14-23(11-12-27-2)21(26)15-28-3/h4-7,9,13,22H,8,10-12,14-15H2,1-3H3/t22-/m1/s1. The molecular weight excluding hydrogens is 388 g/mol. The maximum atomic E-state index is 13.3. The normalized spacial score (nSPS) is 15.8. The molecule has 0 aliphatic carbocycles. The van der Waals surface area contributed by atoms with Gasteiger partial charge in [-0.1, -0.05) is 29.8 Å². The number of aryl methyl sites for hydroxylation is 1. The molecule has 0 saturated carbocycles. The number of carbonyl (C=O) groups is 2. The van der Waals surface area contributed by atoms with Gasteiger partial charge in [-0.15, -0.1) is 11.3 Å². The molecule has 2 aromatic rings. The number of rotatable bonds is 8. The predicted octanol–water partition coefficient (Wildman–Crippen LogP) is 2.65. The zero-order chi connectivity index (χ0) is 20.8. The zero-order valence-corrected chi connectivity index (χ0v) is 18.0. The van der Waals surface area contributed by atoms with Gasteiger partial charge in [0.25, 0.3) is 0 Å². The van der Waals surface area contributed by atoms with Crippen LogP contribution in [0.5, 0.6) is 0 Å². The lowest BCUT2D eigenvalue weighted by Gasteiger charge is -2.37. The van der Waals surface area contributed by atoms with Gasteiger partial charge in [0.05, 0.1) is 19.2 Å². The lowest BCUT2D eigenvalue weighted by atomic mass is 9.92. The fourth-order valence-corrected chi connectivity index (χ4v) is 4.56. The average Bonchev–Trinajstić information content (AvgIpc) is 3.20. The van der Waals surface area contributed by atoms with Crippen LogP contribution in [0, 0.1) is 6.92 Å². The monoisotopic (exact) mass is 416 g/mol. The Kier molecular flexibility index (Phi) is 7.41. The van der Waals surface area contributed by atoms with Crippen molar-refractivity contribution in [2.24, 2.45) is 0 Å². The molecule has 2 heterocycles. The number of amides is 2. The Morgan fingerprint density at radius 3 is 2.62 bits per heavy atom. The number of thiophene rings is 1. The van der Waals surface area contributed by atoms with Crippen molar-refractivity contribution in [3.05, 3.63) is 57.3 Å². The molecule has 7 heteroatoms. The molecule has 1 atom stereocenters. The molecule has 0 N–H and O–H groups in total. The van der Waals surface area contributed by atoms with Crippen LogP contribution in [0.1, 0.15) is 27.6 Å². The molecular formula is C22H28N2O4S. The van der Waals surface area contributed by atoms with E-state index in [-0.39, 0.29) is 31.0 Å². The Labute approximate surface area is 176 Å². The lowest BCUT2D eigenvalue weighted by molar-refractivity contribution is -0.144. The summed E-state index contributed by atoms with van der Waals surface area (Å²) in [6.45, 7) is 3.40. The third-order valence-corrected chi connectivity index (χ3v) is 6.19. The van der Waals surface area contributed by atoms with Crippen LogP contribution in [0.25, 0.3) is 0 Å². The van der Waals surface area contributed by atoms with Crippen molar-refractivity contribution in [1.82, 2.24) is 9.80 Å². The Balaban J connectivity index is 1.85. The molecule has 1 aliphatic heterocycles. The summed E-state index contributed by atoms with van der Waals surface area (Å²) in [6.07, 6.45) is 0.838. The summed E-state index contributed by atoms with van der Waals surface area (Å²) in [5.74, 6) is -0.272. The summed E-state index contributed by atoms with van der Waals surface area (Å²) in [6, 6.07) is 10.3. The second kappa shape index (κ2) is 10.0. The Morgan fingerprint density at radius 1 is 1.17 bits per heavy atom. The summed E-state index contributed by atoms with van der Waals surface area (Å²) >= 11 is 1.74. The fourth-order valence-electron chi connectivity index (χ4n) is 3.66. The van der Waals surface area contributed by atoms with Crippen molar-refractivity contribution in [2.45, 2.75) is 19.4 Å². The molecule has 2 amide bonds. The SMILES string of the molecule is COCCN(CC(=O)N1CCc2sccc2[C@H]1c1ccc(C)cc1)C(=O)COC. The van der Waals surface area contributed by atoms with Crippen LogP contribution in [0.4, 0.5) is 0 Å². The van der Waals surface area contributed by atoms with E-state index in [1.54, 1.807) is 18.4 Å². The topological polar surface area (TPSA) is 59.1 Å². The van der Waals surface area contributed by atoms with E-state index in [0.29, 0.717) is 19.7 Å². The maximum absolute atomic E-state index is 13.3. The minimum atomic E-state index is -0.210. The van der Waals surface area contributed by atoms with Gasteiger partial charge < -0.3 is 19.3 Å². The fraction of sp³-hybridized carbons (Fsp3) is 0.455. The van der Waals surface area contributed by atoms with E-state index in [9.17, 15) is 9.59 Å². The van der Waals surface area contributed by atoms with E-state index >= 15 is 0 Å². The smallest absolute Gasteiger partial charge is 0.249 e. The molecule has 0 unspecified atom stereocenters. The van der Waals surface area contributed by atoms with Crippen molar-refractivity contribution in [3.63, 3.8) is 0 Å².